The van der Waals surface area contributed by atoms with Crippen molar-refractivity contribution in [2.24, 2.45) is 5.73 Å². The lowest BCUT2D eigenvalue weighted by Crippen LogP contribution is -2.23. The Morgan fingerprint density at radius 2 is 2.40 bits per heavy atom. The van der Waals surface area contributed by atoms with Crippen LogP contribution in [0.3, 0.4) is 0 Å². The highest BCUT2D eigenvalue weighted by atomic mass is 16.5. The number of aromatic nitrogens is 1. The van der Waals surface area contributed by atoms with E-state index in [-0.39, 0.29) is 5.60 Å². The molecule has 0 aliphatic carbocycles. The maximum Gasteiger partial charge on any atom is 0.0762 e. The zero-order chi connectivity index (χ0) is 10.9. The van der Waals surface area contributed by atoms with Crippen molar-refractivity contribution in [1.82, 2.24) is 4.57 Å². The Morgan fingerprint density at radius 1 is 1.60 bits per heavy atom. The highest BCUT2D eigenvalue weighted by Gasteiger charge is 2.31. The zero-order valence-electron chi connectivity index (χ0n) is 9.57. The molecule has 2 N–H and O–H groups in total. The average molecular weight is 208 g/mol. The predicted octanol–water partition coefficient (Wildman–Crippen LogP) is 1.90. The second kappa shape index (κ2) is 3.99. The molecule has 1 aromatic heterocycles. The summed E-state index contributed by atoms with van der Waals surface area (Å²) in [6.45, 7) is 5.85. The van der Waals surface area contributed by atoms with Gasteiger partial charge in [0.05, 0.1) is 11.7 Å². The van der Waals surface area contributed by atoms with Gasteiger partial charge in [0.25, 0.3) is 0 Å². The fourth-order valence-corrected chi connectivity index (χ4v) is 2.24. The normalized spacial score (nSPS) is 24.6. The number of rotatable bonds is 3. The number of hydrogen-bond acceptors (Lipinski definition) is 2. The molecule has 1 aromatic rings. The lowest BCUT2D eigenvalue weighted by Gasteiger charge is -2.20. The number of ether oxygens (including phenoxy) is 1. The summed E-state index contributed by atoms with van der Waals surface area (Å²) in [6.07, 6.45) is 4.72. The van der Waals surface area contributed by atoms with Crippen molar-refractivity contribution < 1.29 is 4.74 Å². The van der Waals surface area contributed by atoms with E-state index in [1.807, 2.05) is 6.07 Å². The van der Waals surface area contributed by atoms with E-state index in [1.165, 1.54) is 5.69 Å². The van der Waals surface area contributed by atoms with Gasteiger partial charge in [-0.25, -0.2) is 0 Å². The Hall–Kier alpha value is -0.800. The van der Waals surface area contributed by atoms with Gasteiger partial charge in [-0.2, -0.15) is 0 Å². The van der Waals surface area contributed by atoms with Crippen LogP contribution in [-0.2, 0) is 17.8 Å². The van der Waals surface area contributed by atoms with Crippen LogP contribution >= 0.6 is 0 Å². The molecule has 0 saturated carbocycles. The molecule has 1 aliphatic heterocycles. The molecule has 3 nitrogen and oxygen atoms in total. The molecule has 0 amide bonds. The van der Waals surface area contributed by atoms with E-state index in [0.717, 1.165) is 19.4 Å². The van der Waals surface area contributed by atoms with E-state index in [4.69, 9.17) is 10.5 Å². The smallest absolute Gasteiger partial charge is 0.0762 e. The van der Waals surface area contributed by atoms with E-state index >= 15 is 0 Å². The van der Waals surface area contributed by atoms with Crippen LogP contribution in [0.15, 0.2) is 18.3 Å². The second-order valence-corrected chi connectivity index (χ2v) is 4.89. The summed E-state index contributed by atoms with van der Waals surface area (Å²) in [6, 6.07) is 4.11. The lowest BCUT2D eigenvalue weighted by atomic mass is 10.1. The summed E-state index contributed by atoms with van der Waals surface area (Å²) in [7, 11) is 0. The molecule has 1 atom stereocenters. The minimum Gasteiger partial charge on any atom is -0.370 e. The molecule has 1 saturated heterocycles. The van der Waals surface area contributed by atoms with Gasteiger partial charge < -0.3 is 15.0 Å². The van der Waals surface area contributed by atoms with Gasteiger partial charge in [-0.3, -0.25) is 0 Å². The summed E-state index contributed by atoms with van der Waals surface area (Å²) in [5, 5.41) is 0. The first-order chi connectivity index (χ1) is 7.11. The van der Waals surface area contributed by atoms with Crippen molar-refractivity contribution in [3.63, 3.8) is 0 Å². The largest absolute Gasteiger partial charge is 0.370 e. The topological polar surface area (TPSA) is 40.2 Å². The van der Waals surface area contributed by atoms with Gasteiger partial charge >= 0.3 is 0 Å². The van der Waals surface area contributed by atoms with Crippen molar-refractivity contribution in [3.8, 4) is 0 Å². The summed E-state index contributed by atoms with van der Waals surface area (Å²) in [5.41, 5.74) is 6.90. The third-order valence-electron chi connectivity index (χ3n) is 3.09. The van der Waals surface area contributed by atoms with Gasteiger partial charge in [-0.1, -0.05) is 0 Å². The van der Waals surface area contributed by atoms with Crippen LogP contribution in [0.2, 0.25) is 0 Å². The number of nitrogens with two attached hydrogens (primary N) is 1. The van der Waals surface area contributed by atoms with Gasteiger partial charge in [0.15, 0.2) is 0 Å². The van der Waals surface area contributed by atoms with Crippen LogP contribution in [0.5, 0.6) is 0 Å². The van der Waals surface area contributed by atoms with Crippen LogP contribution in [0.1, 0.15) is 32.4 Å². The molecule has 1 aliphatic rings. The summed E-state index contributed by atoms with van der Waals surface area (Å²) in [4.78, 5) is 0. The number of hydrogen-bond donors (Lipinski definition) is 1. The molecular formula is C12H20N2O. The molecule has 0 aromatic carbocycles. The first-order valence-electron chi connectivity index (χ1n) is 5.63. The van der Waals surface area contributed by atoms with Crippen molar-refractivity contribution in [2.45, 2.75) is 51.5 Å². The predicted molar refractivity (Wildman–Crippen MR) is 60.5 cm³/mol. The molecule has 3 heteroatoms. The Balaban J connectivity index is 1.98. The van der Waals surface area contributed by atoms with Gasteiger partial charge in [0, 0.05) is 25.0 Å². The first-order valence-corrected chi connectivity index (χ1v) is 5.63. The molecule has 0 bridgehead atoms. The molecule has 15 heavy (non-hydrogen) atoms. The molecule has 0 spiro atoms. The van der Waals surface area contributed by atoms with Gasteiger partial charge in [-0.05, 0) is 38.8 Å². The minimum atomic E-state index is 0.0562. The van der Waals surface area contributed by atoms with Crippen molar-refractivity contribution in [3.05, 3.63) is 24.0 Å². The second-order valence-electron chi connectivity index (χ2n) is 4.89. The van der Waals surface area contributed by atoms with Gasteiger partial charge in [-0.15, -0.1) is 0 Å². The lowest BCUT2D eigenvalue weighted by molar-refractivity contribution is -0.0219. The number of nitrogens with zero attached hydrogens (tertiary/aromatic N) is 1. The Morgan fingerprint density at radius 3 is 3.00 bits per heavy atom. The van der Waals surface area contributed by atoms with Crippen LogP contribution in [0.25, 0.3) is 0 Å². The molecule has 2 heterocycles. The standard InChI is InChI=1S/C12H20N2O/c1-12(2)6-5-11(15-12)9-14-7-3-4-10(14)8-13/h3-4,7,11H,5-6,8-9,13H2,1-2H3. The molecule has 1 unspecified atom stereocenters. The summed E-state index contributed by atoms with van der Waals surface area (Å²) in [5.74, 6) is 0. The Labute approximate surface area is 91.2 Å². The fourth-order valence-electron chi connectivity index (χ4n) is 2.24. The summed E-state index contributed by atoms with van der Waals surface area (Å²) < 4.78 is 8.16. The fraction of sp³-hybridized carbons (Fsp3) is 0.667. The quantitative estimate of drug-likeness (QED) is 0.824. The highest BCUT2D eigenvalue weighted by Crippen LogP contribution is 2.30. The van der Waals surface area contributed by atoms with E-state index < -0.39 is 0 Å². The molecule has 2 rings (SSSR count). The maximum absolute atomic E-state index is 5.96. The minimum absolute atomic E-state index is 0.0562. The van der Waals surface area contributed by atoms with Crippen LogP contribution in [-0.4, -0.2) is 16.3 Å². The van der Waals surface area contributed by atoms with Crippen LogP contribution in [0.4, 0.5) is 0 Å². The SMILES string of the molecule is CC1(C)CCC(Cn2cccc2CN)O1. The molecule has 1 fully saturated rings. The van der Waals surface area contributed by atoms with E-state index in [9.17, 15) is 0 Å². The monoisotopic (exact) mass is 208 g/mol. The summed E-state index contributed by atoms with van der Waals surface area (Å²) >= 11 is 0. The zero-order valence-corrected chi connectivity index (χ0v) is 9.57. The third-order valence-corrected chi connectivity index (χ3v) is 3.09. The van der Waals surface area contributed by atoms with Gasteiger partial charge in [0.2, 0.25) is 0 Å². The van der Waals surface area contributed by atoms with Gasteiger partial charge in [0.1, 0.15) is 0 Å². The van der Waals surface area contributed by atoms with Crippen molar-refractivity contribution in [2.75, 3.05) is 0 Å². The third kappa shape index (κ3) is 2.41. The Bertz CT molecular complexity index is 330. The maximum atomic E-state index is 5.96. The molecule has 0 radical (unpaired) electrons. The van der Waals surface area contributed by atoms with E-state index in [0.29, 0.717) is 12.6 Å². The van der Waals surface area contributed by atoms with Crippen LogP contribution < -0.4 is 5.73 Å². The van der Waals surface area contributed by atoms with E-state index in [2.05, 4.69) is 30.7 Å². The van der Waals surface area contributed by atoms with E-state index in [1.54, 1.807) is 0 Å². The first kappa shape index (κ1) is 10.7. The Kier molecular flexibility index (Phi) is 2.85. The molecule has 84 valence electrons. The average Bonchev–Trinajstić information content (AvgIpc) is 2.73. The van der Waals surface area contributed by atoms with Crippen LogP contribution in [0, 0.1) is 0 Å². The molecular weight excluding hydrogens is 188 g/mol. The highest BCUT2D eigenvalue weighted by molar-refractivity contribution is 5.06. The van der Waals surface area contributed by atoms with Crippen molar-refractivity contribution in [1.29, 1.82) is 0 Å². The van der Waals surface area contributed by atoms with Crippen molar-refractivity contribution >= 4 is 0 Å².